The Hall–Kier alpha value is -1.67. The van der Waals surface area contributed by atoms with Crippen LogP contribution in [0.15, 0.2) is 23.1 Å². The van der Waals surface area contributed by atoms with E-state index in [2.05, 4.69) is 4.90 Å². The second kappa shape index (κ2) is 6.21. The van der Waals surface area contributed by atoms with Crippen molar-refractivity contribution in [2.75, 3.05) is 44.9 Å². The average molecular weight is 327 g/mol. The lowest BCUT2D eigenvalue weighted by atomic mass is 10.1. The molecule has 0 amide bonds. The van der Waals surface area contributed by atoms with Crippen molar-refractivity contribution in [3.8, 4) is 0 Å². The minimum atomic E-state index is -3.52. The molecule has 1 heterocycles. The molecule has 1 aromatic rings. The molecule has 8 heteroatoms. The molecule has 7 nitrogen and oxygen atoms in total. The lowest BCUT2D eigenvalue weighted by molar-refractivity contribution is -0.385. The molecule has 122 valence electrons. The number of benzene rings is 1. The van der Waals surface area contributed by atoms with E-state index in [-0.39, 0.29) is 10.6 Å². The molecule has 0 saturated carbocycles. The van der Waals surface area contributed by atoms with Crippen molar-refractivity contribution in [1.82, 2.24) is 4.90 Å². The van der Waals surface area contributed by atoms with Crippen molar-refractivity contribution >= 4 is 21.2 Å². The van der Waals surface area contributed by atoms with Crippen molar-refractivity contribution in [1.29, 1.82) is 0 Å². The number of sulfone groups is 1. The van der Waals surface area contributed by atoms with Crippen molar-refractivity contribution in [2.24, 2.45) is 5.92 Å². The predicted molar refractivity (Wildman–Crippen MR) is 85.1 cm³/mol. The van der Waals surface area contributed by atoms with Gasteiger partial charge in [0.1, 0.15) is 0 Å². The van der Waals surface area contributed by atoms with Crippen molar-refractivity contribution < 1.29 is 13.3 Å². The van der Waals surface area contributed by atoms with Crippen LogP contribution in [0.1, 0.15) is 6.42 Å². The summed E-state index contributed by atoms with van der Waals surface area (Å²) in [6.45, 7) is 2.47. The van der Waals surface area contributed by atoms with Gasteiger partial charge in [0, 0.05) is 38.0 Å². The lowest BCUT2D eigenvalue weighted by Gasteiger charge is -2.22. The summed E-state index contributed by atoms with van der Waals surface area (Å²) in [5.41, 5.74) is 0.363. The number of rotatable bonds is 5. The molecular formula is C14H21N3O4S. The third-order valence-corrected chi connectivity index (χ3v) is 4.93. The number of nitro benzene ring substituents is 1. The highest BCUT2D eigenvalue weighted by molar-refractivity contribution is 7.90. The molecule has 0 spiro atoms. The molecule has 0 aliphatic carbocycles. The van der Waals surface area contributed by atoms with Crippen LogP contribution in [0.3, 0.4) is 0 Å². The molecule has 0 aromatic heterocycles. The molecule has 1 unspecified atom stereocenters. The standard InChI is InChI=1S/C14H21N3O4S/c1-15(2)9-11-6-7-16(10-11)13-5-4-12(17(18)19)8-14(13)22(3,20)21/h4-5,8,11H,6-7,9-10H2,1-3H3. The van der Waals surface area contributed by atoms with Crippen LogP contribution >= 0.6 is 0 Å². The molecule has 1 aliphatic rings. The van der Waals surface area contributed by atoms with Crippen LogP contribution in [0.5, 0.6) is 0 Å². The Labute approximate surface area is 130 Å². The van der Waals surface area contributed by atoms with E-state index in [1.165, 1.54) is 6.07 Å². The van der Waals surface area contributed by atoms with E-state index in [1.807, 2.05) is 19.0 Å². The molecule has 22 heavy (non-hydrogen) atoms. The van der Waals surface area contributed by atoms with Crippen molar-refractivity contribution in [2.45, 2.75) is 11.3 Å². The number of hydrogen-bond acceptors (Lipinski definition) is 6. The summed E-state index contributed by atoms with van der Waals surface area (Å²) in [7, 11) is 0.497. The first kappa shape index (κ1) is 16.7. The van der Waals surface area contributed by atoms with Gasteiger partial charge in [0.05, 0.1) is 15.5 Å². The smallest absolute Gasteiger partial charge is 0.270 e. The van der Waals surface area contributed by atoms with Gasteiger partial charge in [-0.15, -0.1) is 0 Å². The Kier molecular flexibility index (Phi) is 4.72. The maximum atomic E-state index is 12.0. The largest absolute Gasteiger partial charge is 0.370 e. The SMILES string of the molecule is CN(C)CC1CCN(c2ccc([N+](=O)[O-])cc2S(C)(=O)=O)C1. The molecule has 1 aliphatic heterocycles. The van der Waals surface area contributed by atoms with E-state index < -0.39 is 14.8 Å². The quantitative estimate of drug-likeness (QED) is 0.600. The van der Waals surface area contributed by atoms with Gasteiger partial charge in [-0.25, -0.2) is 8.42 Å². The second-order valence-corrected chi connectivity index (χ2v) is 8.03. The molecule has 0 N–H and O–H groups in total. The van der Waals surface area contributed by atoms with Gasteiger partial charge in [0.15, 0.2) is 9.84 Å². The molecule has 2 rings (SSSR count). The fourth-order valence-corrected chi connectivity index (χ4v) is 3.80. The van der Waals surface area contributed by atoms with Crippen LogP contribution in [0, 0.1) is 16.0 Å². The van der Waals surface area contributed by atoms with E-state index in [4.69, 9.17) is 0 Å². The molecule has 1 fully saturated rings. The van der Waals surface area contributed by atoms with Crippen LogP contribution < -0.4 is 4.90 Å². The van der Waals surface area contributed by atoms with Crippen LogP contribution in [-0.2, 0) is 9.84 Å². The van der Waals surface area contributed by atoms with Gasteiger partial charge in [-0.05, 0) is 32.5 Å². The van der Waals surface area contributed by atoms with Crippen molar-refractivity contribution in [3.05, 3.63) is 28.3 Å². The Balaban J connectivity index is 2.34. The first-order valence-corrected chi connectivity index (χ1v) is 8.96. The Morgan fingerprint density at radius 1 is 1.41 bits per heavy atom. The molecule has 0 radical (unpaired) electrons. The minimum Gasteiger partial charge on any atom is -0.370 e. The van der Waals surface area contributed by atoms with E-state index in [0.29, 0.717) is 11.6 Å². The predicted octanol–water partition coefficient (Wildman–Crippen LogP) is 1.39. The Bertz CT molecular complexity index is 673. The maximum absolute atomic E-state index is 12.0. The van der Waals surface area contributed by atoms with Gasteiger partial charge >= 0.3 is 0 Å². The van der Waals surface area contributed by atoms with E-state index in [9.17, 15) is 18.5 Å². The second-order valence-electron chi connectivity index (χ2n) is 6.04. The molecule has 1 atom stereocenters. The van der Waals surface area contributed by atoms with Crippen LogP contribution in [0.4, 0.5) is 11.4 Å². The molecule has 1 saturated heterocycles. The molecule has 0 bridgehead atoms. The summed E-state index contributed by atoms with van der Waals surface area (Å²) in [6, 6.07) is 4.07. The lowest BCUT2D eigenvalue weighted by Crippen LogP contribution is -2.26. The zero-order valence-corrected chi connectivity index (χ0v) is 13.8. The van der Waals surface area contributed by atoms with Gasteiger partial charge in [-0.3, -0.25) is 10.1 Å². The maximum Gasteiger partial charge on any atom is 0.270 e. The fraction of sp³-hybridized carbons (Fsp3) is 0.571. The number of nitro groups is 1. The first-order valence-electron chi connectivity index (χ1n) is 7.06. The Morgan fingerprint density at radius 2 is 2.09 bits per heavy atom. The van der Waals surface area contributed by atoms with Gasteiger partial charge in [-0.2, -0.15) is 0 Å². The van der Waals surface area contributed by atoms with Gasteiger partial charge in [-0.1, -0.05) is 0 Å². The monoisotopic (exact) mass is 327 g/mol. The van der Waals surface area contributed by atoms with E-state index >= 15 is 0 Å². The number of anilines is 1. The third kappa shape index (κ3) is 3.75. The van der Waals surface area contributed by atoms with Gasteiger partial charge in [0.25, 0.3) is 5.69 Å². The fourth-order valence-electron chi connectivity index (χ4n) is 2.89. The topological polar surface area (TPSA) is 83.8 Å². The number of hydrogen-bond donors (Lipinski definition) is 0. The summed E-state index contributed by atoms with van der Waals surface area (Å²) >= 11 is 0. The van der Waals surface area contributed by atoms with Crippen LogP contribution in [0.2, 0.25) is 0 Å². The highest BCUT2D eigenvalue weighted by atomic mass is 32.2. The third-order valence-electron chi connectivity index (χ3n) is 3.80. The van der Waals surface area contributed by atoms with Gasteiger partial charge < -0.3 is 9.80 Å². The first-order chi connectivity index (χ1) is 10.2. The highest BCUT2D eigenvalue weighted by Gasteiger charge is 2.28. The Morgan fingerprint density at radius 3 is 2.64 bits per heavy atom. The summed E-state index contributed by atoms with van der Waals surface area (Å²) in [5, 5.41) is 10.9. The van der Waals surface area contributed by atoms with Crippen molar-refractivity contribution in [3.63, 3.8) is 0 Å². The summed E-state index contributed by atoms with van der Waals surface area (Å²) < 4.78 is 24.0. The number of non-ortho nitro benzene ring substituents is 1. The minimum absolute atomic E-state index is 0.0344. The number of nitrogens with zero attached hydrogens (tertiary/aromatic N) is 3. The van der Waals surface area contributed by atoms with Gasteiger partial charge in [0.2, 0.25) is 0 Å². The molecule has 1 aromatic carbocycles. The normalized spacial score (nSPS) is 18.9. The van der Waals surface area contributed by atoms with E-state index in [1.54, 1.807) is 6.07 Å². The highest BCUT2D eigenvalue weighted by Crippen LogP contribution is 2.32. The zero-order valence-electron chi connectivity index (χ0n) is 13.0. The zero-order chi connectivity index (χ0) is 16.5. The van der Waals surface area contributed by atoms with Crippen LogP contribution in [0.25, 0.3) is 0 Å². The molecular weight excluding hydrogens is 306 g/mol. The summed E-state index contributed by atoms with van der Waals surface area (Å²) in [5.74, 6) is 0.470. The average Bonchev–Trinajstić information content (AvgIpc) is 2.84. The summed E-state index contributed by atoms with van der Waals surface area (Å²) in [6.07, 6.45) is 2.07. The summed E-state index contributed by atoms with van der Waals surface area (Å²) in [4.78, 5) is 14.5. The van der Waals surface area contributed by atoms with Crippen LogP contribution in [-0.4, -0.2) is 58.2 Å². The van der Waals surface area contributed by atoms with E-state index in [0.717, 1.165) is 38.4 Å².